The summed E-state index contributed by atoms with van der Waals surface area (Å²) in [7, 11) is -2.52. The Balaban J connectivity index is 1.75. The van der Waals surface area contributed by atoms with Gasteiger partial charge < -0.3 is 10.1 Å². The number of amides is 1. The van der Waals surface area contributed by atoms with E-state index in [-0.39, 0.29) is 28.0 Å². The molecule has 0 aliphatic carbocycles. The van der Waals surface area contributed by atoms with E-state index >= 15 is 0 Å². The number of hydrogen-bond donors (Lipinski definition) is 1. The number of halogens is 1. The maximum atomic E-state index is 13.1. The Morgan fingerprint density at radius 2 is 1.80 bits per heavy atom. The summed E-state index contributed by atoms with van der Waals surface area (Å²) in [5.41, 5.74) is 1.53. The van der Waals surface area contributed by atoms with Crippen molar-refractivity contribution in [1.29, 1.82) is 0 Å². The van der Waals surface area contributed by atoms with Gasteiger partial charge in [-0.25, -0.2) is 13.2 Å². The van der Waals surface area contributed by atoms with Gasteiger partial charge in [-0.2, -0.15) is 0 Å². The molecule has 0 saturated heterocycles. The van der Waals surface area contributed by atoms with Gasteiger partial charge in [0.05, 0.1) is 23.3 Å². The lowest BCUT2D eigenvalue weighted by Crippen LogP contribution is -2.23. The average molecular weight is 462 g/mol. The normalized spacial score (nSPS) is 15.9. The fourth-order valence-corrected chi connectivity index (χ4v) is 6.42. The van der Waals surface area contributed by atoms with Gasteiger partial charge in [0.2, 0.25) is 15.7 Å². The molecule has 0 saturated carbocycles. The quantitative estimate of drug-likeness (QED) is 0.578. The van der Waals surface area contributed by atoms with Crippen molar-refractivity contribution in [2.75, 3.05) is 12.4 Å². The highest BCUT2D eigenvalue weighted by Crippen LogP contribution is 2.45. The predicted octanol–water partition coefficient (Wildman–Crippen LogP) is 4.50. The van der Waals surface area contributed by atoms with Gasteiger partial charge >= 0.3 is 5.97 Å². The van der Waals surface area contributed by atoms with Crippen molar-refractivity contribution in [1.82, 2.24) is 0 Å². The number of ether oxygens (including phenoxy) is 1. The lowest BCUT2D eigenvalue weighted by Gasteiger charge is -2.24. The zero-order chi connectivity index (χ0) is 21.5. The summed E-state index contributed by atoms with van der Waals surface area (Å²) >= 11 is 7.15. The summed E-state index contributed by atoms with van der Waals surface area (Å²) in [6.07, 6.45) is 0.186. The van der Waals surface area contributed by atoms with E-state index in [4.69, 9.17) is 16.3 Å². The van der Waals surface area contributed by atoms with Crippen LogP contribution in [-0.4, -0.2) is 27.4 Å². The van der Waals surface area contributed by atoms with E-state index in [1.165, 1.54) is 42.7 Å². The lowest BCUT2D eigenvalue weighted by atomic mass is 9.90. The van der Waals surface area contributed by atoms with E-state index in [1.54, 1.807) is 29.6 Å². The first-order valence-corrected chi connectivity index (χ1v) is 11.7. The first-order chi connectivity index (χ1) is 14.3. The smallest absolute Gasteiger partial charge is 0.337 e. The summed E-state index contributed by atoms with van der Waals surface area (Å²) in [5, 5.41) is 4.71. The van der Waals surface area contributed by atoms with Crippen molar-refractivity contribution < 1.29 is 22.7 Å². The number of rotatable bonds is 4. The summed E-state index contributed by atoms with van der Waals surface area (Å²) < 4.78 is 31.0. The number of hydrogen-bond acceptors (Lipinski definition) is 6. The molecule has 0 fully saturated rings. The molecule has 2 aromatic carbocycles. The zero-order valence-corrected chi connectivity index (χ0v) is 18.1. The van der Waals surface area contributed by atoms with E-state index in [1.807, 2.05) is 0 Å². The van der Waals surface area contributed by atoms with Crippen LogP contribution in [0.3, 0.4) is 0 Å². The number of methoxy groups -OCH3 is 1. The maximum Gasteiger partial charge on any atom is 0.337 e. The van der Waals surface area contributed by atoms with Crippen LogP contribution in [0.5, 0.6) is 0 Å². The van der Waals surface area contributed by atoms with Crippen LogP contribution >= 0.6 is 22.9 Å². The van der Waals surface area contributed by atoms with Crippen LogP contribution in [0, 0.1) is 0 Å². The molecule has 6 nitrogen and oxygen atoms in total. The molecule has 3 aromatic rings. The van der Waals surface area contributed by atoms with Gasteiger partial charge in [-0.1, -0.05) is 23.7 Å². The molecule has 0 unspecified atom stereocenters. The Morgan fingerprint density at radius 1 is 1.13 bits per heavy atom. The van der Waals surface area contributed by atoms with E-state index < -0.39 is 15.8 Å². The van der Waals surface area contributed by atoms with E-state index in [0.717, 1.165) is 10.4 Å². The Bertz CT molecular complexity index is 1230. The van der Waals surface area contributed by atoms with Crippen molar-refractivity contribution in [3.05, 3.63) is 74.9 Å². The third kappa shape index (κ3) is 3.62. The minimum Gasteiger partial charge on any atom is -0.465 e. The molecule has 30 heavy (non-hydrogen) atoms. The number of carbonyl (C=O) groups is 2. The molecule has 1 aliphatic rings. The van der Waals surface area contributed by atoms with Crippen LogP contribution < -0.4 is 5.32 Å². The van der Waals surface area contributed by atoms with Crippen LogP contribution in [0.4, 0.5) is 5.69 Å². The molecule has 1 aromatic heterocycles. The number of thiophene rings is 1. The van der Waals surface area contributed by atoms with Gasteiger partial charge in [0, 0.05) is 27.6 Å². The number of benzene rings is 2. The standard InChI is InChI=1S/C21H16ClNO5S2/c1-28-21(25)13-4-2-12(3-5-13)16-10-18(24)23-19-17(11-29-20(16)19)30(26,27)15-8-6-14(22)7-9-15/h2-9,11,16H,10H2,1H3,(H,23,24)/t16-/m0/s1. The molecule has 1 amide bonds. The third-order valence-electron chi connectivity index (χ3n) is 4.90. The average Bonchev–Trinajstić information content (AvgIpc) is 3.17. The van der Waals surface area contributed by atoms with Crippen LogP contribution in [0.2, 0.25) is 5.02 Å². The monoisotopic (exact) mass is 461 g/mol. The van der Waals surface area contributed by atoms with Crippen LogP contribution in [0.1, 0.15) is 33.1 Å². The van der Waals surface area contributed by atoms with E-state index in [0.29, 0.717) is 16.3 Å². The third-order valence-corrected chi connectivity index (χ3v) is 8.19. The maximum absolute atomic E-state index is 13.1. The number of anilines is 1. The van der Waals surface area contributed by atoms with Crippen LogP contribution in [0.25, 0.3) is 0 Å². The molecule has 154 valence electrons. The second-order valence-corrected chi connectivity index (χ2v) is 9.98. The summed E-state index contributed by atoms with van der Waals surface area (Å²) in [6.45, 7) is 0. The van der Waals surface area contributed by atoms with Gasteiger partial charge in [0.25, 0.3) is 0 Å². The second kappa shape index (κ2) is 7.86. The van der Waals surface area contributed by atoms with E-state index in [2.05, 4.69) is 5.32 Å². The summed E-state index contributed by atoms with van der Waals surface area (Å²) in [4.78, 5) is 25.0. The fourth-order valence-electron chi connectivity index (χ4n) is 3.38. The first-order valence-electron chi connectivity index (χ1n) is 8.91. The first kappa shape index (κ1) is 20.6. The Labute approximate surface area is 182 Å². The molecule has 2 heterocycles. The minimum absolute atomic E-state index is 0.0639. The van der Waals surface area contributed by atoms with Gasteiger partial charge in [-0.3, -0.25) is 4.79 Å². The van der Waals surface area contributed by atoms with Gasteiger partial charge in [0.1, 0.15) is 4.90 Å². The van der Waals surface area contributed by atoms with Crippen molar-refractivity contribution >= 4 is 50.3 Å². The molecule has 9 heteroatoms. The molecule has 0 spiro atoms. The topological polar surface area (TPSA) is 89.5 Å². The van der Waals surface area contributed by atoms with Crippen LogP contribution in [0.15, 0.2) is 63.7 Å². The Kier molecular flexibility index (Phi) is 5.40. The summed E-state index contributed by atoms with van der Waals surface area (Å²) in [6, 6.07) is 12.7. The van der Waals surface area contributed by atoms with Crippen molar-refractivity contribution in [3.8, 4) is 0 Å². The van der Waals surface area contributed by atoms with Crippen molar-refractivity contribution in [2.24, 2.45) is 0 Å². The molecule has 0 radical (unpaired) electrons. The lowest BCUT2D eigenvalue weighted by molar-refractivity contribution is -0.116. The minimum atomic E-state index is -3.83. The molecule has 4 rings (SSSR count). The van der Waals surface area contributed by atoms with Crippen molar-refractivity contribution in [2.45, 2.75) is 22.1 Å². The zero-order valence-electron chi connectivity index (χ0n) is 15.7. The Hall–Kier alpha value is -2.68. The van der Waals surface area contributed by atoms with Gasteiger partial charge in [-0.05, 0) is 42.0 Å². The number of sulfone groups is 1. The van der Waals surface area contributed by atoms with Gasteiger partial charge in [0.15, 0.2) is 0 Å². The number of nitrogens with one attached hydrogen (secondary N) is 1. The largest absolute Gasteiger partial charge is 0.465 e. The predicted molar refractivity (Wildman–Crippen MR) is 114 cm³/mol. The van der Waals surface area contributed by atoms with Gasteiger partial charge in [-0.15, -0.1) is 11.3 Å². The second-order valence-electron chi connectivity index (χ2n) is 6.72. The fraction of sp³-hybridized carbons (Fsp3) is 0.143. The number of carbonyl (C=O) groups excluding carboxylic acids is 2. The van der Waals surface area contributed by atoms with Crippen molar-refractivity contribution in [3.63, 3.8) is 0 Å². The molecule has 1 N–H and O–H groups in total. The number of fused-ring (bicyclic) bond motifs is 1. The highest BCUT2D eigenvalue weighted by molar-refractivity contribution is 7.91. The molecular weight excluding hydrogens is 446 g/mol. The SMILES string of the molecule is COC(=O)c1ccc([C@@H]2CC(=O)Nc3c(S(=O)(=O)c4ccc(Cl)cc4)csc32)cc1. The molecular formula is C21H16ClNO5S2. The Morgan fingerprint density at radius 3 is 2.43 bits per heavy atom. The molecule has 1 aliphatic heterocycles. The summed E-state index contributed by atoms with van der Waals surface area (Å²) in [5.74, 6) is -1.02. The van der Waals surface area contributed by atoms with E-state index in [9.17, 15) is 18.0 Å². The highest BCUT2D eigenvalue weighted by atomic mass is 35.5. The molecule has 1 atom stereocenters. The highest BCUT2D eigenvalue weighted by Gasteiger charge is 2.34. The molecule has 0 bridgehead atoms. The van der Waals surface area contributed by atoms with Crippen LogP contribution in [-0.2, 0) is 19.4 Å². The number of esters is 1.